The van der Waals surface area contributed by atoms with Gasteiger partial charge in [0.2, 0.25) is 0 Å². The van der Waals surface area contributed by atoms with Crippen LogP contribution in [0.5, 0.6) is 0 Å². The van der Waals surface area contributed by atoms with E-state index in [1.807, 2.05) is 0 Å². The van der Waals surface area contributed by atoms with E-state index in [-0.39, 0.29) is 12.1 Å². The van der Waals surface area contributed by atoms with Crippen LogP contribution in [0.4, 0.5) is 0 Å². The van der Waals surface area contributed by atoms with Gasteiger partial charge in [-0.25, -0.2) is 0 Å². The summed E-state index contributed by atoms with van der Waals surface area (Å²) in [6, 6.07) is 0. The van der Waals surface area contributed by atoms with Gasteiger partial charge in [-0.1, -0.05) is 146 Å². The van der Waals surface area contributed by atoms with Gasteiger partial charge in [0.15, 0.2) is 0 Å². The first kappa shape index (κ1) is 46.4. The van der Waals surface area contributed by atoms with Crippen LogP contribution in [0.25, 0.3) is 0 Å². The molecule has 0 fully saturated rings. The van der Waals surface area contributed by atoms with E-state index in [9.17, 15) is 4.79 Å². The van der Waals surface area contributed by atoms with Gasteiger partial charge in [-0.05, 0) is 123 Å². The molecule has 0 spiro atoms. The molecule has 0 aliphatic carbocycles. The summed E-state index contributed by atoms with van der Waals surface area (Å²) in [5.41, 5.74) is 0. The zero-order chi connectivity index (χ0) is 35.0. The predicted molar refractivity (Wildman–Crippen MR) is 215 cm³/mol. The van der Waals surface area contributed by atoms with Crippen LogP contribution in [-0.2, 0) is 9.53 Å². The van der Waals surface area contributed by atoms with Crippen LogP contribution >= 0.6 is 0 Å². The van der Waals surface area contributed by atoms with Gasteiger partial charge >= 0.3 is 5.97 Å². The van der Waals surface area contributed by atoms with Gasteiger partial charge in [-0.3, -0.25) is 4.79 Å². The van der Waals surface area contributed by atoms with Crippen molar-refractivity contribution >= 4 is 5.97 Å². The van der Waals surface area contributed by atoms with Crippen molar-refractivity contribution in [3.63, 3.8) is 0 Å². The van der Waals surface area contributed by atoms with Crippen LogP contribution in [0.1, 0.15) is 206 Å². The minimum atomic E-state index is 0.0323. The van der Waals surface area contributed by atoms with Gasteiger partial charge in [-0.15, -0.1) is 0 Å². The lowest BCUT2D eigenvalue weighted by atomic mass is 10.0. The van der Waals surface area contributed by atoms with Crippen LogP contribution in [0.15, 0.2) is 48.6 Å². The normalized spacial score (nSPS) is 12.9. The third kappa shape index (κ3) is 38.8. The minimum absolute atomic E-state index is 0.0323. The van der Waals surface area contributed by atoms with Crippen LogP contribution in [0.3, 0.4) is 0 Å². The topological polar surface area (TPSA) is 29.5 Å². The Morgan fingerprint density at radius 3 is 1.27 bits per heavy atom. The van der Waals surface area contributed by atoms with E-state index in [1.165, 1.54) is 141 Å². The Bertz CT molecular complexity index is 717. The number of hydrogen-bond donors (Lipinski definition) is 0. The standard InChI is InChI=1S/C45H83NO2/c1-5-7-9-11-13-15-17-19-21-23-25-27-29-31-33-36-40-44(48-45(47)42-38-35-39-43-46(3)4)41-37-34-32-30-28-26-24-22-20-18-16-14-12-10-8-6-2/h13-16,19-22,44H,5-12,17-18,23-43H2,1-4H3/b15-13-,16-14?,21-19?,22-20?. The van der Waals surface area contributed by atoms with Crippen molar-refractivity contribution in [2.75, 3.05) is 20.6 Å². The van der Waals surface area contributed by atoms with E-state index in [0.717, 1.165) is 51.5 Å². The van der Waals surface area contributed by atoms with Crippen LogP contribution in [0, 0.1) is 0 Å². The van der Waals surface area contributed by atoms with Crippen LogP contribution in [0.2, 0.25) is 0 Å². The number of carbonyl (C=O) groups is 1. The molecular formula is C45H83NO2. The lowest BCUT2D eigenvalue weighted by Crippen LogP contribution is -2.18. The average molecular weight is 670 g/mol. The highest BCUT2D eigenvalue weighted by molar-refractivity contribution is 5.69. The summed E-state index contributed by atoms with van der Waals surface area (Å²) in [4.78, 5) is 14.9. The van der Waals surface area contributed by atoms with Gasteiger partial charge < -0.3 is 9.64 Å². The van der Waals surface area contributed by atoms with Crippen molar-refractivity contribution in [3.05, 3.63) is 48.6 Å². The number of rotatable bonds is 37. The molecule has 0 saturated heterocycles. The first-order valence-corrected chi connectivity index (χ1v) is 21.0. The maximum Gasteiger partial charge on any atom is 0.306 e. The number of carbonyl (C=O) groups excluding carboxylic acids is 1. The third-order valence-electron chi connectivity index (χ3n) is 9.24. The van der Waals surface area contributed by atoms with E-state index < -0.39 is 0 Å². The first-order valence-electron chi connectivity index (χ1n) is 21.0. The molecule has 0 aromatic rings. The SMILES string of the molecule is CCCCCC=CCC=CCCCCCCCCC(CCCCCCCCC=CC/C=C\CCCCC)OC(=O)CCCCCN(C)C. The van der Waals surface area contributed by atoms with Crippen molar-refractivity contribution in [1.82, 2.24) is 4.90 Å². The molecule has 0 aliphatic rings. The Hall–Kier alpha value is -1.61. The summed E-state index contributed by atoms with van der Waals surface area (Å²) < 4.78 is 6.05. The molecule has 3 nitrogen and oxygen atoms in total. The number of allylic oxidation sites excluding steroid dienone is 8. The summed E-state index contributed by atoms with van der Waals surface area (Å²) in [5.74, 6) is 0.0323. The summed E-state index contributed by atoms with van der Waals surface area (Å²) in [5, 5.41) is 0. The molecule has 0 aliphatic heterocycles. The van der Waals surface area contributed by atoms with Gasteiger partial charge in [-0.2, -0.15) is 0 Å². The van der Waals surface area contributed by atoms with E-state index >= 15 is 0 Å². The second-order valence-electron chi connectivity index (χ2n) is 14.5. The van der Waals surface area contributed by atoms with E-state index in [1.54, 1.807) is 0 Å². The van der Waals surface area contributed by atoms with Crippen molar-refractivity contribution in [2.24, 2.45) is 0 Å². The lowest BCUT2D eigenvalue weighted by molar-refractivity contribution is -0.150. The van der Waals surface area contributed by atoms with Crippen molar-refractivity contribution in [2.45, 2.75) is 213 Å². The molecule has 0 aromatic carbocycles. The highest BCUT2D eigenvalue weighted by Crippen LogP contribution is 2.18. The van der Waals surface area contributed by atoms with Gasteiger partial charge in [0, 0.05) is 6.42 Å². The number of nitrogens with zero attached hydrogens (tertiary/aromatic N) is 1. The molecule has 280 valence electrons. The zero-order valence-corrected chi connectivity index (χ0v) is 32.9. The molecule has 0 bridgehead atoms. The van der Waals surface area contributed by atoms with Crippen molar-refractivity contribution in [1.29, 1.82) is 0 Å². The van der Waals surface area contributed by atoms with Gasteiger partial charge in [0.25, 0.3) is 0 Å². The minimum Gasteiger partial charge on any atom is -0.462 e. The highest BCUT2D eigenvalue weighted by atomic mass is 16.5. The van der Waals surface area contributed by atoms with E-state index in [2.05, 4.69) is 81.5 Å². The average Bonchev–Trinajstić information content (AvgIpc) is 3.07. The van der Waals surface area contributed by atoms with E-state index in [0.29, 0.717) is 6.42 Å². The zero-order valence-electron chi connectivity index (χ0n) is 32.9. The Morgan fingerprint density at radius 2 is 0.854 bits per heavy atom. The second-order valence-corrected chi connectivity index (χ2v) is 14.5. The van der Waals surface area contributed by atoms with Crippen molar-refractivity contribution in [3.8, 4) is 0 Å². The Morgan fingerprint density at radius 1 is 0.479 bits per heavy atom. The van der Waals surface area contributed by atoms with Crippen molar-refractivity contribution < 1.29 is 9.53 Å². The number of unbranched alkanes of at least 4 members (excludes halogenated alkanes) is 20. The number of hydrogen-bond acceptors (Lipinski definition) is 3. The Labute approximate surface area is 301 Å². The van der Waals surface area contributed by atoms with Crippen LogP contribution in [-0.4, -0.2) is 37.6 Å². The monoisotopic (exact) mass is 670 g/mol. The molecule has 0 amide bonds. The number of ether oxygens (including phenoxy) is 1. The molecule has 1 atom stereocenters. The fourth-order valence-corrected chi connectivity index (χ4v) is 6.10. The molecular weight excluding hydrogens is 587 g/mol. The molecule has 0 aromatic heterocycles. The summed E-state index contributed by atoms with van der Waals surface area (Å²) in [6.45, 7) is 5.62. The third-order valence-corrected chi connectivity index (χ3v) is 9.24. The number of esters is 1. The molecule has 48 heavy (non-hydrogen) atoms. The van der Waals surface area contributed by atoms with Gasteiger partial charge in [0.05, 0.1) is 0 Å². The Kier molecular flexibility index (Phi) is 38.5. The summed E-state index contributed by atoms with van der Waals surface area (Å²) in [7, 11) is 4.22. The fraction of sp³-hybridized carbons (Fsp3) is 0.800. The molecule has 0 heterocycles. The Balaban J connectivity index is 4.10. The van der Waals surface area contributed by atoms with E-state index in [4.69, 9.17) is 4.74 Å². The molecule has 0 saturated carbocycles. The fourth-order valence-electron chi connectivity index (χ4n) is 6.10. The maximum atomic E-state index is 12.6. The first-order chi connectivity index (χ1) is 23.6. The van der Waals surface area contributed by atoms with Gasteiger partial charge in [0.1, 0.15) is 6.10 Å². The summed E-state index contributed by atoms with van der Waals surface area (Å²) in [6.07, 6.45) is 55.2. The predicted octanol–water partition coefficient (Wildman–Crippen LogP) is 14.4. The van der Waals surface area contributed by atoms with Crippen LogP contribution < -0.4 is 0 Å². The largest absolute Gasteiger partial charge is 0.462 e. The summed E-state index contributed by atoms with van der Waals surface area (Å²) >= 11 is 0. The maximum absolute atomic E-state index is 12.6. The molecule has 3 heteroatoms. The molecule has 0 N–H and O–H groups in total. The smallest absolute Gasteiger partial charge is 0.306 e. The highest BCUT2D eigenvalue weighted by Gasteiger charge is 2.14. The lowest BCUT2D eigenvalue weighted by Gasteiger charge is -2.18. The molecule has 0 rings (SSSR count). The quantitative estimate of drug-likeness (QED) is 0.0374. The second kappa shape index (κ2) is 39.8. The molecule has 0 radical (unpaired) electrons. The molecule has 1 unspecified atom stereocenters.